The van der Waals surface area contributed by atoms with Gasteiger partial charge in [0.1, 0.15) is 0 Å². The van der Waals surface area contributed by atoms with E-state index in [1.165, 1.54) is 0 Å². The number of hydrogen-bond acceptors (Lipinski definition) is 1. The van der Waals surface area contributed by atoms with Crippen LogP contribution in [0.5, 0.6) is 0 Å². The molecule has 1 aromatic rings. The number of carbonyl (C=O) groups is 1. The number of hydrogen-bond donors (Lipinski definition) is 0. The quantitative estimate of drug-likeness (QED) is 0.715. The third-order valence-electron chi connectivity index (χ3n) is 1.55. The number of alkyl halides is 3. The summed E-state index contributed by atoms with van der Waals surface area (Å²) in [5.74, 6) is 0. The van der Waals surface area contributed by atoms with Gasteiger partial charge >= 0.3 is 6.18 Å². The van der Waals surface area contributed by atoms with Crippen molar-refractivity contribution in [3.8, 4) is 0 Å². The third kappa shape index (κ3) is 2.09. The van der Waals surface area contributed by atoms with E-state index in [0.717, 1.165) is 12.1 Å². The van der Waals surface area contributed by atoms with Crippen molar-refractivity contribution in [1.29, 1.82) is 0 Å². The van der Waals surface area contributed by atoms with Crippen LogP contribution in [-0.2, 0) is 6.18 Å². The van der Waals surface area contributed by atoms with E-state index < -0.39 is 11.7 Å². The number of halogens is 5. The standard InChI is InChI=1S/C8H3BrClF3O/c9-7-4(3-14)6(10)2-1-5(7)8(11,12)13/h1-3H. The van der Waals surface area contributed by atoms with Crippen LogP contribution in [0.15, 0.2) is 16.6 Å². The maximum Gasteiger partial charge on any atom is 0.417 e. The van der Waals surface area contributed by atoms with Crippen molar-refractivity contribution in [2.45, 2.75) is 6.18 Å². The molecule has 0 spiro atoms. The van der Waals surface area contributed by atoms with Gasteiger partial charge in [-0.2, -0.15) is 13.2 Å². The average Bonchev–Trinajstić information content (AvgIpc) is 2.02. The Morgan fingerprint density at radius 3 is 2.36 bits per heavy atom. The molecule has 1 aromatic carbocycles. The van der Waals surface area contributed by atoms with Gasteiger partial charge < -0.3 is 0 Å². The van der Waals surface area contributed by atoms with Crippen molar-refractivity contribution in [3.63, 3.8) is 0 Å². The maximum absolute atomic E-state index is 12.3. The zero-order chi connectivity index (χ0) is 10.9. The summed E-state index contributed by atoms with van der Waals surface area (Å²) in [7, 11) is 0. The van der Waals surface area contributed by atoms with E-state index in [9.17, 15) is 18.0 Å². The first kappa shape index (κ1) is 11.5. The Balaban J connectivity index is 3.43. The lowest BCUT2D eigenvalue weighted by atomic mass is 10.1. The molecule has 0 saturated carbocycles. The minimum Gasteiger partial charge on any atom is -0.298 e. The van der Waals surface area contributed by atoms with Gasteiger partial charge in [0.2, 0.25) is 0 Å². The van der Waals surface area contributed by atoms with Gasteiger partial charge in [-0.05, 0) is 28.1 Å². The van der Waals surface area contributed by atoms with Crippen LogP contribution in [0.2, 0.25) is 5.02 Å². The fraction of sp³-hybridized carbons (Fsp3) is 0.125. The van der Waals surface area contributed by atoms with Crippen LogP contribution in [0.25, 0.3) is 0 Å². The second kappa shape index (κ2) is 3.90. The van der Waals surface area contributed by atoms with Crippen LogP contribution in [-0.4, -0.2) is 6.29 Å². The fourth-order valence-electron chi connectivity index (χ4n) is 0.896. The molecule has 0 aliphatic heterocycles. The molecule has 0 atom stereocenters. The first-order valence-electron chi connectivity index (χ1n) is 3.38. The Labute approximate surface area is 91.0 Å². The van der Waals surface area contributed by atoms with Crippen LogP contribution in [0.1, 0.15) is 15.9 Å². The van der Waals surface area contributed by atoms with Crippen LogP contribution in [0.3, 0.4) is 0 Å². The molecule has 0 saturated heterocycles. The highest BCUT2D eigenvalue weighted by molar-refractivity contribution is 9.10. The number of aldehydes is 1. The van der Waals surface area contributed by atoms with E-state index in [1.54, 1.807) is 0 Å². The van der Waals surface area contributed by atoms with Crippen LogP contribution >= 0.6 is 27.5 Å². The minimum atomic E-state index is -4.50. The van der Waals surface area contributed by atoms with Crippen LogP contribution < -0.4 is 0 Å². The highest BCUT2D eigenvalue weighted by atomic mass is 79.9. The Morgan fingerprint density at radius 1 is 1.36 bits per heavy atom. The SMILES string of the molecule is O=Cc1c(Cl)ccc(C(F)(F)F)c1Br. The summed E-state index contributed by atoms with van der Waals surface area (Å²) in [6, 6.07) is 1.86. The molecule has 0 N–H and O–H groups in total. The lowest BCUT2D eigenvalue weighted by molar-refractivity contribution is -0.138. The van der Waals surface area contributed by atoms with E-state index in [2.05, 4.69) is 15.9 Å². The average molecular weight is 287 g/mol. The molecule has 0 amide bonds. The van der Waals surface area contributed by atoms with Gasteiger partial charge in [0.25, 0.3) is 0 Å². The van der Waals surface area contributed by atoms with E-state index in [4.69, 9.17) is 11.6 Å². The Bertz CT molecular complexity index is 376. The third-order valence-corrected chi connectivity index (χ3v) is 2.73. The molecule has 0 aliphatic carbocycles. The highest BCUT2D eigenvalue weighted by Gasteiger charge is 2.34. The molecule has 0 bridgehead atoms. The fourth-order valence-corrected chi connectivity index (χ4v) is 1.88. The van der Waals surface area contributed by atoms with Gasteiger partial charge in [0, 0.05) is 10.0 Å². The first-order chi connectivity index (χ1) is 6.38. The largest absolute Gasteiger partial charge is 0.417 e. The lowest BCUT2D eigenvalue weighted by Crippen LogP contribution is -2.07. The predicted octanol–water partition coefficient (Wildman–Crippen LogP) is 3.93. The summed E-state index contributed by atoms with van der Waals surface area (Å²) in [5, 5.41) is -0.0140. The second-order valence-electron chi connectivity index (χ2n) is 2.44. The lowest BCUT2D eigenvalue weighted by Gasteiger charge is -2.10. The summed E-state index contributed by atoms with van der Waals surface area (Å²) < 4.78 is 36.6. The van der Waals surface area contributed by atoms with E-state index in [1.807, 2.05) is 0 Å². The molecule has 1 rings (SSSR count). The smallest absolute Gasteiger partial charge is 0.298 e. The van der Waals surface area contributed by atoms with Crippen LogP contribution in [0, 0.1) is 0 Å². The molecule has 0 fully saturated rings. The highest BCUT2D eigenvalue weighted by Crippen LogP contribution is 2.38. The van der Waals surface area contributed by atoms with Crippen LogP contribution in [0.4, 0.5) is 13.2 Å². The zero-order valence-electron chi connectivity index (χ0n) is 6.53. The first-order valence-corrected chi connectivity index (χ1v) is 4.55. The monoisotopic (exact) mass is 286 g/mol. The van der Waals surface area contributed by atoms with Gasteiger partial charge in [-0.3, -0.25) is 4.79 Å². The predicted molar refractivity (Wildman–Crippen MR) is 49.5 cm³/mol. The zero-order valence-corrected chi connectivity index (χ0v) is 8.87. The topological polar surface area (TPSA) is 17.1 Å². The summed E-state index contributed by atoms with van der Waals surface area (Å²) in [4.78, 5) is 10.4. The summed E-state index contributed by atoms with van der Waals surface area (Å²) >= 11 is 8.22. The van der Waals surface area contributed by atoms with Crippen molar-refractivity contribution in [1.82, 2.24) is 0 Å². The van der Waals surface area contributed by atoms with E-state index in [0.29, 0.717) is 0 Å². The molecule has 0 radical (unpaired) electrons. The maximum atomic E-state index is 12.3. The molecule has 6 heteroatoms. The van der Waals surface area contributed by atoms with Gasteiger partial charge in [0.15, 0.2) is 6.29 Å². The number of rotatable bonds is 1. The van der Waals surface area contributed by atoms with Gasteiger partial charge in [-0.1, -0.05) is 11.6 Å². The van der Waals surface area contributed by atoms with Gasteiger partial charge in [-0.25, -0.2) is 0 Å². The van der Waals surface area contributed by atoms with Gasteiger partial charge in [0.05, 0.1) is 10.6 Å². The molecule has 0 unspecified atom stereocenters. The Hall–Kier alpha value is -0.550. The van der Waals surface area contributed by atoms with E-state index >= 15 is 0 Å². The molecule has 76 valence electrons. The second-order valence-corrected chi connectivity index (χ2v) is 3.64. The van der Waals surface area contributed by atoms with Crippen molar-refractivity contribution < 1.29 is 18.0 Å². The molecule has 14 heavy (non-hydrogen) atoms. The Kier molecular flexibility index (Phi) is 3.21. The summed E-state index contributed by atoms with van der Waals surface area (Å²) in [6.07, 6.45) is -4.22. The van der Waals surface area contributed by atoms with Gasteiger partial charge in [-0.15, -0.1) is 0 Å². The molecule has 0 aromatic heterocycles. The number of benzene rings is 1. The molecule has 0 heterocycles. The number of carbonyl (C=O) groups excluding carboxylic acids is 1. The summed E-state index contributed by atoms with van der Waals surface area (Å²) in [6.45, 7) is 0. The molecule has 1 nitrogen and oxygen atoms in total. The van der Waals surface area contributed by atoms with Crippen molar-refractivity contribution >= 4 is 33.8 Å². The normalized spacial score (nSPS) is 11.5. The van der Waals surface area contributed by atoms with Crippen molar-refractivity contribution in [2.24, 2.45) is 0 Å². The van der Waals surface area contributed by atoms with E-state index in [-0.39, 0.29) is 21.3 Å². The molecular formula is C8H3BrClF3O. The van der Waals surface area contributed by atoms with Crippen molar-refractivity contribution in [2.75, 3.05) is 0 Å². The molecule has 0 aliphatic rings. The minimum absolute atomic E-state index is 0.0140. The summed E-state index contributed by atoms with van der Waals surface area (Å²) in [5.41, 5.74) is -1.11. The molecular weight excluding hydrogens is 284 g/mol. The Morgan fingerprint density at radius 2 is 1.93 bits per heavy atom. The van der Waals surface area contributed by atoms with Crippen molar-refractivity contribution in [3.05, 3.63) is 32.8 Å².